The number of aliphatic hydroxyl groups is 1. The summed E-state index contributed by atoms with van der Waals surface area (Å²) in [7, 11) is 0. The van der Waals surface area contributed by atoms with Gasteiger partial charge in [0, 0.05) is 24.7 Å². The molecule has 2 heterocycles. The van der Waals surface area contributed by atoms with Crippen LogP contribution in [0.2, 0.25) is 0 Å². The van der Waals surface area contributed by atoms with Crippen molar-refractivity contribution in [3.05, 3.63) is 16.6 Å². The monoisotopic (exact) mass is 198 g/mol. The fourth-order valence-electron chi connectivity index (χ4n) is 1.72. The average molecular weight is 198 g/mol. The minimum Gasteiger partial charge on any atom is -0.392 e. The van der Waals surface area contributed by atoms with E-state index >= 15 is 0 Å². The van der Waals surface area contributed by atoms with Crippen molar-refractivity contribution in [3.8, 4) is 0 Å². The molecule has 1 aliphatic rings. The molecule has 2 rings (SSSR count). The van der Waals surface area contributed by atoms with Crippen LogP contribution in [-0.2, 0) is 0 Å². The largest absolute Gasteiger partial charge is 0.392 e. The van der Waals surface area contributed by atoms with Crippen LogP contribution in [0.5, 0.6) is 0 Å². The van der Waals surface area contributed by atoms with Gasteiger partial charge in [0.2, 0.25) is 0 Å². The molecular weight excluding hydrogens is 184 g/mol. The molecule has 72 valence electrons. The third kappa shape index (κ3) is 1.90. The molecule has 4 heteroatoms. The van der Waals surface area contributed by atoms with E-state index in [4.69, 9.17) is 0 Å². The van der Waals surface area contributed by atoms with Crippen LogP contribution >= 0.6 is 11.3 Å². The van der Waals surface area contributed by atoms with E-state index < -0.39 is 0 Å². The summed E-state index contributed by atoms with van der Waals surface area (Å²) < 4.78 is 0. The first kappa shape index (κ1) is 9.12. The highest BCUT2D eigenvalue weighted by Crippen LogP contribution is 2.25. The Bertz CT molecular complexity index is 263. The minimum absolute atomic E-state index is 0.137. The van der Waals surface area contributed by atoms with E-state index in [-0.39, 0.29) is 6.10 Å². The molecule has 0 bridgehead atoms. The third-order valence-corrected chi connectivity index (χ3v) is 3.50. The number of hydrogen-bond acceptors (Lipinski definition) is 4. The zero-order valence-electron chi connectivity index (χ0n) is 7.68. The number of hydrogen-bond donors (Lipinski definition) is 1. The van der Waals surface area contributed by atoms with Crippen LogP contribution in [0, 0.1) is 0 Å². The smallest absolute Gasteiger partial charge is 0.109 e. The zero-order valence-corrected chi connectivity index (χ0v) is 8.50. The highest BCUT2D eigenvalue weighted by atomic mass is 32.1. The molecule has 0 unspecified atom stereocenters. The Balaban J connectivity index is 2.02. The van der Waals surface area contributed by atoms with Crippen LogP contribution in [0.15, 0.2) is 11.6 Å². The van der Waals surface area contributed by atoms with Gasteiger partial charge in [-0.2, -0.15) is 0 Å². The second-order valence-electron chi connectivity index (χ2n) is 3.48. The van der Waals surface area contributed by atoms with E-state index in [2.05, 4.69) is 16.8 Å². The number of aliphatic hydroxyl groups excluding tert-OH is 1. The van der Waals surface area contributed by atoms with Crippen molar-refractivity contribution in [2.24, 2.45) is 0 Å². The summed E-state index contributed by atoms with van der Waals surface area (Å²) in [6, 6.07) is 0.358. The Labute approximate surface area is 82.0 Å². The summed E-state index contributed by atoms with van der Waals surface area (Å²) in [5.41, 5.74) is 0. The SMILES string of the molecule is C[C@H](c1nccs1)N1CC[C@@H](O)C1. The minimum atomic E-state index is -0.137. The van der Waals surface area contributed by atoms with Crippen LogP contribution in [-0.4, -0.2) is 34.2 Å². The van der Waals surface area contributed by atoms with Crippen molar-refractivity contribution in [1.82, 2.24) is 9.88 Å². The number of aromatic nitrogens is 1. The van der Waals surface area contributed by atoms with Gasteiger partial charge in [-0.15, -0.1) is 11.3 Å². The molecular formula is C9H14N2OS. The highest BCUT2D eigenvalue weighted by molar-refractivity contribution is 7.09. The van der Waals surface area contributed by atoms with Crippen LogP contribution < -0.4 is 0 Å². The lowest BCUT2D eigenvalue weighted by molar-refractivity contribution is 0.163. The topological polar surface area (TPSA) is 36.4 Å². The summed E-state index contributed by atoms with van der Waals surface area (Å²) in [5.74, 6) is 0. The lowest BCUT2D eigenvalue weighted by Gasteiger charge is -2.21. The van der Waals surface area contributed by atoms with Gasteiger partial charge in [-0.1, -0.05) is 0 Å². The van der Waals surface area contributed by atoms with Gasteiger partial charge >= 0.3 is 0 Å². The van der Waals surface area contributed by atoms with Gasteiger partial charge in [-0.25, -0.2) is 4.98 Å². The quantitative estimate of drug-likeness (QED) is 0.777. The first-order valence-electron chi connectivity index (χ1n) is 4.59. The Kier molecular flexibility index (Phi) is 2.62. The molecule has 1 N–H and O–H groups in total. The van der Waals surface area contributed by atoms with Crippen molar-refractivity contribution < 1.29 is 5.11 Å². The molecule has 0 spiro atoms. The summed E-state index contributed by atoms with van der Waals surface area (Å²) in [5, 5.41) is 12.5. The van der Waals surface area contributed by atoms with E-state index in [1.165, 1.54) is 0 Å². The molecule has 3 nitrogen and oxygen atoms in total. The maximum atomic E-state index is 9.39. The summed E-state index contributed by atoms with van der Waals surface area (Å²) >= 11 is 1.68. The van der Waals surface area contributed by atoms with Gasteiger partial charge < -0.3 is 5.11 Å². The Hall–Kier alpha value is -0.450. The molecule has 1 fully saturated rings. The third-order valence-electron chi connectivity index (χ3n) is 2.55. The molecule has 0 saturated carbocycles. The molecule has 0 aromatic carbocycles. The summed E-state index contributed by atoms with van der Waals surface area (Å²) in [6.07, 6.45) is 2.60. The van der Waals surface area contributed by atoms with Crippen LogP contribution in [0.25, 0.3) is 0 Å². The predicted octanol–water partition coefficient (Wildman–Crippen LogP) is 1.27. The van der Waals surface area contributed by atoms with Gasteiger partial charge in [0.25, 0.3) is 0 Å². The number of thiazole rings is 1. The van der Waals surface area contributed by atoms with Crippen molar-refractivity contribution in [2.45, 2.75) is 25.5 Å². The maximum Gasteiger partial charge on any atom is 0.109 e. The Morgan fingerprint density at radius 1 is 1.77 bits per heavy atom. The average Bonchev–Trinajstić information content (AvgIpc) is 2.72. The van der Waals surface area contributed by atoms with E-state index in [0.29, 0.717) is 6.04 Å². The molecule has 1 aliphatic heterocycles. The lowest BCUT2D eigenvalue weighted by Crippen LogP contribution is -2.25. The molecule has 1 saturated heterocycles. The number of rotatable bonds is 2. The normalized spacial score (nSPS) is 26.5. The van der Waals surface area contributed by atoms with Gasteiger partial charge in [-0.3, -0.25) is 4.90 Å². The van der Waals surface area contributed by atoms with Gasteiger partial charge in [0.15, 0.2) is 0 Å². The second kappa shape index (κ2) is 3.74. The summed E-state index contributed by atoms with van der Waals surface area (Å²) in [4.78, 5) is 6.56. The number of likely N-dealkylation sites (tertiary alicyclic amines) is 1. The van der Waals surface area contributed by atoms with E-state index in [9.17, 15) is 5.11 Å². The van der Waals surface area contributed by atoms with Gasteiger partial charge in [0.1, 0.15) is 5.01 Å². The lowest BCUT2D eigenvalue weighted by atomic mass is 10.3. The maximum absolute atomic E-state index is 9.39. The van der Waals surface area contributed by atoms with Crippen molar-refractivity contribution >= 4 is 11.3 Å². The molecule has 1 aromatic heterocycles. The fraction of sp³-hybridized carbons (Fsp3) is 0.667. The molecule has 0 aliphatic carbocycles. The van der Waals surface area contributed by atoms with Crippen molar-refractivity contribution in [3.63, 3.8) is 0 Å². The van der Waals surface area contributed by atoms with Crippen molar-refractivity contribution in [1.29, 1.82) is 0 Å². The second-order valence-corrected chi connectivity index (χ2v) is 4.41. The van der Waals surface area contributed by atoms with Gasteiger partial charge in [0.05, 0.1) is 12.1 Å². The highest BCUT2D eigenvalue weighted by Gasteiger charge is 2.26. The first-order valence-corrected chi connectivity index (χ1v) is 5.47. The van der Waals surface area contributed by atoms with Gasteiger partial charge in [-0.05, 0) is 13.3 Å². The molecule has 1 aromatic rings. The molecule has 0 amide bonds. The van der Waals surface area contributed by atoms with Crippen LogP contribution in [0.1, 0.15) is 24.4 Å². The number of β-amino-alcohol motifs (C(OH)–C–C–N with tert-alkyl or cyclic N) is 1. The fourth-order valence-corrected chi connectivity index (χ4v) is 2.45. The first-order chi connectivity index (χ1) is 6.27. The summed E-state index contributed by atoms with van der Waals surface area (Å²) in [6.45, 7) is 3.93. The number of nitrogens with zero attached hydrogens (tertiary/aromatic N) is 2. The van der Waals surface area contributed by atoms with E-state index in [0.717, 1.165) is 24.5 Å². The molecule has 13 heavy (non-hydrogen) atoms. The van der Waals surface area contributed by atoms with Crippen LogP contribution in [0.4, 0.5) is 0 Å². The molecule has 0 radical (unpaired) electrons. The zero-order chi connectivity index (χ0) is 9.26. The Morgan fingerprint density at radius 3 is 3.15 bits per heavy atom. The standard InChI is InChI=1S/C9H14N2OS/c1-7(9-10-3-5-13-9)11-4-2-8(12)6-11/h3,5,7-8,12H,2,4,6H2,1H3/t7-,8-/m1/s1. The van der Waals surface area contributed by atoms with Crippen molar-refractivity contribution in [2.75, 3.05) is 13.1 Å². The molecule has 2 atom stereocenters. The van der Waals surface area contributed by atoms with Crippen LogP contribution in [0.3, 0.4) is 0 Å². The van der Waals surface area contributed by atoms with E-state index in [1.807, 2.05) is 11.6 Å². The predicted molar refractivity (Wildman–Crippen MR) is 52.7 cm³/mol. The Morgan fingerprint density at radius 2 is 2.62 bits per heavy atom. The van der Waals surface area contributed by atoms with E-state index in [1.54, 1.807) is 11.3 Å².